The zero-order valence-corrected chi connectivity index (χ0v) is 18.9. The van der Waals surface area contributed by atoms with Crippen LogP contribution in [0.2, 0.25) is 0 Å². The minimum Gasteiger partial charge on any atom is -0.494 e. The first-order valence-corrected chi connectivity index (χ1v) is 11.5. The third-order valence-corrected chi connectivity index (χ3v) is 5.54. The van der Waals surface area contributed by atoms with E-state index < -0.39 is 0 Å². The van der Waals surface area contributed by atoms with Gasteiger partial charge in [0.1, 0.15) is 5.75 Å². The van der Waals surface area contributed by atoms with Gasteiger partial charge in [-0.3, -0.25) is 9.36 Å². The molecule has 3 aromatic carbocycles. The molecule has 1 aromatic heterocycles. The predicted octanol–water partition coefficient (Wildman–Crippen LogP) is 4.58. The van der Waals surface area contributed by atoms with Gasteiger partial charge >= 0.3 is 0 Å². The smallest absolute Gasteiger partial charge is 0.250 e. The van der Waals surface area contributed by atoms with E-state index in [1.54, 1.807) is 6.21 Å². The number of nitrogens with one attached hydrogen (secondary N) is 1. The Morgan fingerprint density at radius 1 is 1.00 bits per heavy atom. The number of carbonyl (C=O) groups excluding carboxylic acids is 1. The van der Waals surface area contributed by atoms with Crippen molar-refractivity contribution in [2.45, 2.75) is 12.1 Å². The van der Waals surface area contributed by atoms with Crippen molar-refractivity contribution in [3.8, 4) is 22.8 Å². The topological polar surface area (TPSA) is 81.4 Å². The van der Waals surface area contributed by atoms with Crippen LogP contribution >= 0.6 is 11.8 Å². The maximum absolute atomic E-state index is 12.3. The van der Waals surface area contributed by atoms with Gasteiger partial charge in [-0.05, 0) is 48.9 Å². The lowest BCUT2D eigenvalue weighted by Gasteiger charge is -2.10. The molecule has 0 radical (unpaired) electrons. The Labute approximate surface area is 196 Å². The van der Waals surface area contributed by atoms with E-state index in [1.807, 2.05) is 96.4 Å². The summed E-state index contributed by atoms with van der Waals surface area (Å²) in [7, 11) is 0. The highest BCUT2D eigenvalue weighted by atomic mass is 32.2. The standard InChI is InChI=1S/C25H23N5O2S/c1-2-32-22-15-13-19(14-16-22)17-26-27-23(31)18-33-25-29-28-24(20-9-5-3-6-10-20)30(25)21-11-7-4-8-12-21/h3-17H,2,18H2,1H3,(H,27,31)/b26-17+. The fourth-order valence-corrected chi connectivity index (χ4v) is 3.85. The summed E-state index contributed by atoms with van der Waals surface area (Å²) in [6.07, 6.45) is 1.60. The van der Waals surface area contributed by atoms with Crippen LogP contribution in [-0.4, -0.2) is 39.2 Å². The summed E-state index contributed by atoms with van der Waals surface area (Å²) in [5.74, 6) is 1.44. The maximum Gasteiger partial charge on any atom is 0.250 e. The highest BCUT2D eigenvalue weighted by Gasteiger charge is 2.16. The van der Waals surface area contributed by atoms with Crippen molar-refractivity contribution >= 4 is 23.9 Å². The molecule has 0 atom stereocenters. The Kier molecular flexibility index (Phi) is 7.50. The number of hydrogen-bond acceptors (Lipinski definition) is 6. The molecule has 0 aliphatic heterocycles. The Bertz CT molecular complexity index is 1210. The zero-order valence-electron chi connectivity index (χ0n) is 18.1. The molecule has 1 amide bonds. The molecule has 1 N–H and O–H groups in total. The maximum atomic E-state index is 12.3. The lowest BCUT2D eigenvalue weighted by Crippen LogP contribution is -2.20. The molecule has 8 heteroatoms. The average molecular weight is 458 g/mol. The summed E-state index contributed by atoms with van der Waals surface area (Å²) in [5.41, 5.74) is 5.30. The van der Waals surface area contributed by atoms with Crippen molar-refractivity contribution in [3.63, 3.8) is 0 Å². The van der Waals surface area contributed by atoms with E-state index in [4.69, 9.17) is 4.74 Å². The Morgan fingerprint density at radius 2 is 1.70 bits per heavy atom. The third-order valence-electron chi connectivity index (χ3n) is 4.61. The van der Waals surface area contributed by atoms with E-state index in [2.05, 4.69) is 20.7 Å². The van der Waals surface area contributed by atoms with Gasteiger partial charge in [-0.15, -0.1) is 10.2 Å². The molecule has 0 aliphatic carbocycles. The number of rotatable bonds is 9. The second-order valence-corrected chi connectivity index (χ2v) is 7.87. The first-order chi connectivity index (χ1) is 16.2. The van der Waals surface area contributed by atoms with Crippen molar-refractivity contribution < 1.29 is 9.53 Å². The molecule has 0 bridgehead atoms. The summed E-state index contributed by atoms with van der Waals surface area (Å²) < 4.78 is 7.37. The first kappa shape index (κ1) is 22.3. The molecule has 166 valence electrons. The summed E-state index contributed by atoms with van der Waals surface area (Å²) in [5, 5.41) is 13.4. The van der Waals surface area contributed by atoms with Crippen LogP contribution in [0.25, 0.3) is 17.1 Å². The second-order valence-electron chi connectivity index (χ2n) is 6.93. The van der Waals surface area contributed by atoms with Gasteiger partial charge in [-0.1, -0.05) is 60.3 Å². The number of hydrazone groups is 1. The summed E-state index contributed by atoms with van der Waals surface area (Å²) in [6.45, 7) is 2.56. The van der Waals surface area contributed by atoms with Gasteiger partial charge in [-0.2, -0.15) is 5.10 Å². The van der Waals surface area contributed by atoms with Crippen molar-refractivity contribution in [2.24, 2.45) is 5.10 Å². The minimum absolute atomic E-state index is 0.153. The molecule has 4 rings (SSSR count). The number of hydrogen-bond donors (Lipinski definition) is 1. The van der Waals surface area contributed by atoms with Gasteiger partial charge in [0.05, 0.1) is 18.6 Å². The SMILES string of the molecule is CCOc1ccc(/C=N/NC(=O)CSc2nnc(-c3ccccc3)n2-c2ccccc2)cc1. The van der Waals surface area contributed by atoms with Crippen LogP contribution < -0.4 is 10.2 Å². The van der Waals surface area contributed by atoms with Crippen LogP contribution in [-0.2, 0) is 4.79 Å². The highest BCUT2D eigenvalue weighted by molar-refractivity contribution is 7.99. The molecule has 0 saturated heterocycles. The molecule has 7 nitrogen and oxygen atoms in total. The van der Waals surface area contributed by atoms with Crippen LogP contribution in [0, 0.1) is 0 Å². The molecular weight excluding hydrogens is 434 g/mol. The number of ether oxygens (including phenoxy) is 1. The molecular formula is C25H23N5O2S. The van der Waals surface area contributed by atoms with Crippen molar-refractivity contribution in [3.05, 3.63) is 90.5 Å². The number of benzene rings is 3. The van der Waals surface area contributed by atoms with Gasteiger partial charge in [0.2, 0.25) is 0 Å². The van der Waals surface area contributed by atoms with Crippen LogP contribution in [0.5, 0.6) is 5.75 Å². The Hall–Kier alpha value is -3.91. The van der Waals surface area contributed by atoms with E-state index >= 15 is 0 Å². The summed E-state index contributed by atoms with van der Waals surface area (Å²) >= 11 is 1.31. The second kappa shape index (κ2) is 11.1. The highest BCUT2D eigenvalue weighted by Crippen LogP contribution is 2.27. The minimum atomic E-state index is -0.231. The number of carbonyl (C=O) groups is 1. The van der Waals surface area contributed by atoms with E-state index in [1.165, 1.54) is 11.8 Å². The fraction of sp³-hybridized carbons (Fsp3) is 0.120. The quantitative estimate of drug-likeness (QED) is 0.226. The number of para-hydroxylation sites is 1. The normalized spacial score (nSPS) is 10.9. The number of aromatic nitrogens is 3. The predicted molar refractivity (Wildman–Crippen MR) is 131 cm³/mol. The van der Waals surface area contributed by atoms with Crippen molar-refractivity contribution in [1.82, 2.24) is 20.2 Å². The Balaban J connectivity index is 1.42. The summed E-state index contributed by atoms with van der Waals surface area (Å²) in [6, 6.07) is 27.2. The van der Waals surface area contributed by atoms with E-state index in [9.17, 15) is 4.79 Å². The Morgan fingerprint density at radius 3 is 2.39 bits per heavy atom. The number of nitrogens with zero attached hydrogens (tertiary/aromatic N) is 4. The lowest BCUT2D eigenvalue weighted by molar-refractivity contribution is -0.118. The molecule has 33 heavy (non-hydrogen) atoms. The van der Waals surface area contributed by atoms with Gasteiger partial charge in [0.15, 0.2) is 11.0 Å². The molecule has 0 aliphatic rings. The van der Waals surface area contributed by atoms with Gasteiger partial charge < -0.3 is 4.74 Å². The van der Waals surface area contributed by atoms with Gasteiger partial charge in [-0.25, -0.2) is 5.43 Å². The molecule has 0 spiro atoms. The van der Waals surface area contributed by atoms with Crippen LogP contribution in [0.15, 0.2) is 95.2 Å². The molecule has 0 saturated carbocycles. The average Bonchev–Trinajstić information content (AvgIpc) is 3.29. The monoisotopic (exact) mass is 457 g/mol. The van der Waals surface area contributed by atoms with Crippen LogP contribution in [0.3, 0.4) is 0 Å². The van der Waals surface area contributed by atoms with Crippen LogP contribution in [0.4, 0.5) is 0 Å². The molecule has 1 heterocycles. The van der Waals surface area contributed by atoms with E-state index in [-0.39, 0.29) is 11.7 Å². The van der Waals surface area contributed by atoms with E-state index in [0.29, 0.717) is 11.8 Å². The van der Waals surface area contributed by atoms with E-state index in [0.717, 1.165) is 28.4 Å². The molecule has 4 aromatic rings. The lowest BCUT2D eigenvalue weighted by atomic mass is 10.2. The number of amides is 1. The van der Waals surface area contributed by atoms with Crippen molar-refractivity contribution in [2.75, 3.05) is 12.4 Å². The number of thioether (sulfide) groups is 1. The summed E-state index contributed by atoms with van der Waals surface area (Å²) in [4.78, 5) is 12.3. The largest absolute Gasteiger partial charge is 0.494 e. The van der Waals surface area contributed by atoms with Gasteiger partial charge in [0, 0.05) is 11.3 Å². The first-order valence-electron chi connectivity index (χ1n) is 10.5. The zero-order chi connectivity index (χ0) is 22.9. The molecule has 0 fully saturated rings. The van der Waals surface area contributed by atoms with Gasteiger partial charge in [0.25, 0.3) is 5.91 Å². The van der Waals surface area contributed by atoms with Crippen molar-refractivity contribution in [1.29, 1.82) is 0 Å². The third kappa shape index (κ3) is 5.87. The van der Waals surface area contributed by atoms with Crippen LogP contribution in [0.1, 0.15) is 12.5 Å². The molecule has 0 unspecified atom stereocenters. The fourth-order valence-electron chi connectivity index (χ4n) is 3.11.